The molecule has 1 rings (SSSR count). The maximum absolute atomic E-state index is 5.84. The second kappa shape index (κ2) is 11.5. The summed E-state index contributed by atoms with van der Waals surface area (Å²) in [5, 5.41) is 6.60. The highest BCUT2D eigenvalue weighted by Gasteiger charge is 2.16. The highest BCUT2D eigenvalue weighted by Crippen LogP contribution is 2.20. The van der Waals surface area contributed by atoms with Gasteiger partial charge in [0.15, 0.2) is 5.96 Å². The fourth-order valence-electron chi connectivity index (χ4n) is 1.92. The molecule has 5 nitrogen and oxygen atoms in total. The summed E-state index contributed by atoms with van der Waals surface area (Å²) in [4.78, 5) is 4.25. The van der Waals surface area contributed by atoms with Gasteiger partial charge >= 0.3 is 0 Å². The van der Waals surface area contributed by atoms with Crippen molar-refractivity contribution >= 4 is 29.9 Å². The van der Waals surface area contributed by atoms with Gasteiger partial charge in [-0.25, -0.2) is 0 Å². The maximum atomic E-state index is 5.84. The van der Waals surface area contributed by atoms with Crippen molar-refractivity contribution in [1.82, 2.24) is 10.6 Å². The lowest BCUT2D eigenvalue weighted by Gasteiger charge is -2.24. The first-order chi connectivity index (χ1) is 10.9. The van der Waals surface area contributed by atoms with Gasteiger partial charge < -0.3 is 20.1 Å². The Hall–Kier alpha value is -1.02. The van der Waals surface area contributed by atoms with Crippen LogP contribution in [0, 0.1) is 6.92 Å². The van der Waals surface area contributed by atoms with E-state index in [1.165, 1.54) is 5.56 Å². The lowest BCUT2D eigenvalue weighted by atomic mass is 10.1. The zero-order valence-corrected chi connectivity index (χ0v) is 18.1. The van der Waals surface area contributed by atoms with Crippen LogP contribution in [-0.4, -0.2) is 38.9 Å². The zero-order valence-electron chi connectivity index (χ0n) is 15.7. The molecule has 0 heterocycles. The van der Waals surface area contributed by atoms with Crippen molar-refractivity contribution in [3.05, 3.63) is 29.3 Å². The first-order valence-electron chi connectivity index (χ1n) is 8.14. The lowest BCUT2D eigenvalue weighted by molar-refractivity contribution is 0.0268. The van der Waals surface area contributed by atoms with Crippen LogP contribution in [0.4, 0.5) is 0 Å². The van der Waals surface area contributed by atoms with E-state index in [2.05, 4.69) is 47.7 Å². The third-order valence-electron chi connectivity index (χ3n) is 3.59. The van der Waals surface area contributed by atoms with Crippen LogP contribution in [0.5, 0.6) is 5.75 Å². The molecule has 0 fully saturated rings. The Morgan fingerprint density at radius 3 is 2.54 bits per heavy atom. The van der Waals surface area contributed by atoms with E-state index in [0.717, 1.165) is 30.3 Å². The summed E-state index contributed by atoms with van der Waals surface area (Å²) < 4.78 is 11.3. The van der Waals surface area contributed by atoms with Crippen LogP contribution < -0.4 is 15.4 Å². The minimum absolute atomic E-state index is 0. The Bertz CT molecular complexity index is 519. The van der Waals surface area contributed by atoms with E-state index >= 15 is 0 Å². The van der Waals surface area contributed by atoms with Crippen LogP contribution >= 0.6 is 24.0 Å². The summed E-state index contributed by atoms with van der Waals surface area (Å²) in [6.07, 6.45) is 0.996. The minimum Gasteiger partial charge on any atom is -0.493 e. The van der Waals surface area contributed by atoms with E-state index < -0.39 is 0 Å². The Morgan fingerprint density at radius 1 is 1.25 bits per heavy atom. The predicted octanol–water partition coefficient (Wildman–Crippen LogP) is 3.49. The third kappa shape index (κ3) is 8.19. The summed E-state index contributed by atoms with van der Waals surface area (Å²) in [5.41, 5.74) is 2.08. The molecule has 24 heavy (non-hydrogen) atoms. The lowest BCUT2D eigenvalue weighted by Crippen LogP contribution is -2.45. The average Bonchev–Trinajstić information content (AvgIpc) is 2.54. The largest absolute Gasteiger partial charge is 0.493 e. The minimum atomic E-state index is -0.239. The predicted molar refractivity (Wildman–Crippen MR) is 112 cm³/mol. The van der Waals surface area contributed by atoms with E-state index in [-0.39, 0.29) is 29.6 Å². The van der Waals surface area contributed by atoms with Crippen molar-refractivity contribution < 1.29 is 9.47 Å². The molecule has 0 aromatic heterocycles. The number of nitrogens with one attached hydrogen (secondary N) is 2. The standard InChI is InChI=1S/C18H31N3O2.HI/c1-7-10-23-16-11-14(2)8-9-15(16)12-20-17(19-5)21-13-18(3,4)22-6;/h8-9,11H,7,10,12-13H2,1-6H3,(H2,19,20,21);1H. The Kier molecular flexibility index (Phi) is 11.0. The SMILES string of the molecule is CCCOc1cc(C)ccc1CNC(=NC)NCC(C)(C)OC.I. The molecule has 0 aliphatic rings. The molecule has 2 N–H and O–H groups in total. The number of hydrogen-bond donors (Lipinski definition) is 2. The normalized spacial score (nSPS) is 11.7. The van der Waals surface area contributed by atoms with Gasteiger partial charge in [-0.3, -0.25) is 4.99 Å². The first kappa shape index (κ1) is 23.0. The molecular formula is C18H32IN3O2. The molecule has 0 saturated heterocycles. The van der Waals surface area contributed by atoms with Crippen molar-refractivity contribution in [2.24, 2.45) is 4.99 Å². The Labute approximate surface area is 163 Å². The van der Waals surface area contributed by atoms with E-state index in [0.29, 0.717) is 13.1 Å². The van der Waals surface area contributed by atoms with Crippen LogP contribution in [0.2, 0.25) is 0 Å². The highest BCUT2D eigenvalue weighted by atomic mass is 127. The zero-order chi connectivity index (χ0) is 17.3. The number of hydrogen-bond acceptors (Lipinski definition) is 3. The summed E-state index contributed by atoms with van der Waals surface area (Å²) in [5.74, 6) is 1.68. The van der Waals surface area contributed by atoms with Crippen LogP contribution in [0.25, 0.3) is 0 Å². The summed E-state index contributed by atoms with van der Waals surface area (Å²) >= 11 is 0. The molecule has 6 heteroatoms. The van der Waals surface area contributed by atoms with E-state index in [9.17, 15) is 0 Å². The van der Waals surface area contributed by atoms with Crippen LogP contribution in [0.3, 0.4) is 0 Å². The topological polar surface area (TPSA) is 54.9 Å². The third-order valence-corrected chi connectivity index (χ3v) is 3.59. The number of benzene rings is 1. The van der Waals surface area contributed by atoms with Gasteiger partial charge in [0, 0.05) is 32.8 Å². The van der Waals surface area contributed by atoms with Gasteiger partial charge in [0.05, 0.1) is 12.2 Å². The molecule has 0 saturated carbocycles. The van der Waals surface area contributed by atoms with Gasteiger partial charge in [-0.1, -0.05) is 19.1 Å². The number of guanidine groups is 1. The number of aliphatic imine (C=N–C) groups is 1. The fraction of sp³-hybridized carbons (Fsp3) is 0.611. The van der Waals surface area contributed by atoms with Gasteiger partial charge in [-0.05, 0) is 38.8 Å². The molecule has 138 valence electrons. The van der Waals surface area contributed by atoms with Gasteiger partial charge in [0.2, 0.25) is 0 Å². The summed E-state index contributed by atoms with van der Waals surface area (Å²) in [7, 11) is 3.47. The second-order valence-corrected chi connectivity index (χ2v) is 6.20. The Balaban J connectivity index is 0.00000529. The van der Waals surface area contributed by atoms with Crippen molar-refractivity contribution in [3.63, 3.8) is 0 Å². The molecule has 0 amide bonds. The van der Waals surface area contributed by atoms with Crippen molar-refractivity contribution in [2.75, 3.05) is 27.3 Å². The second-order valence-electron chi connectivity index (χ2n) is 6.20. The smallest absolute Gasteiger partial charge is 0.191 e. The molecule has 0 aliphatic heterocycles. The van der Waals surface area contributed by atoms with E-state index in [1.54, 1.807) is 14.2 Å². The van der Waals surface area contributed by atoms with Gasteiger partial charge in [-0.15, -0.1) is 24.0 Å². The molecule has 0 unspecified atom stereocenters. The summed E-state index contributed by atoms with van der Waals surface area (Å²) in [6, 6.07) is 6.27. The highest BCUT2D eigenvalue weighted by molar-refractivity contribution is 14.0. The number of ether oxygens (including phenoxy) is 2. The van der Waals surface area contributed by atoms with Crippen molar-refractivity contribution in [1.29, 1.82) is 0 Å². The van der Waals surface area contributed by atoms with Gasteiger partial charge in [0.25, 0.3) is 0 Å². The number of methoxy groups -OCH3 is 1. The molecule has 1 aromatic rings. The maximum Gasteiger partial charge on any atom is 0.191 e. The quantitative estimate of drug-likeness (QED) is 0.363. The Morgan fingerprint density at radius 2 is 1.96 bits per heavy atom. The average molecular weight is 449 g/mol. The summed E-state index contributed by atoms with van der Waals surface area (Å²) in [6.45, 7) is 10.3. The molecule has 0 aliphatic carbocycles. The van der Waals surface area contributed by atoms with Gasteiger partial charge in [0.1, 0.15) is 5.75 Å². The van der Waals surface area contributed by atoms with Crippen molar-refractivity contribution in [2.45, 2.75) is 46.3 Å². The fourth-order valence-corrected chi connectivity index (χ4v) is 1.92. The number of aryl methyl sites for hydroxylation is 1. The molecular weight excluding hydrogens is 417 g/mol. The monoisotopic (exact) mass is 449 g/mol. The van der Waals surface area contributed by atoms with Crippen molar-refractivity contribution in [3.8, 4) is 5.75 Å². The molecule has 1 aromatic carbocycles. The molecule has 0 spiro atoms. The molecule has 0 bridgehead atoms. The van der Waals surface area contributed by atoms with E-state index in [1.807, 2.05) is 13.8 Å². The van der Waals surface area contributed by atoms with E-state index in [4.69, 9.17) is 9.47 Å². The van der Waals surface area contributed by atoms with Gasteiger partial charge in [-0.2, -0.15) is 0 Å². The van der Waals surface area contributed by atoms with Crippen LogP contribution in [0.1, 0.15) is 38.3 Å². The number of nitrogens with zero attached hydrogens (tertiary/aromatic N) is 1. The van der Waals surface area contributed by atoms with Crippen LogP contribution in [-0.2, 0) is 11.3 Å². The van der Waals surface area contributed by atoms with Crippen LogP contribution in [0.15, 0.2) is 23.2 Å². The molecule has 0 radical (unpaired) electrons. The number of halogens is 1. The first-order valence-corrected chi connectivity index (χ1v) is 8.14. The molecule has 0 atom stereocenters. The number of rotatable bonds is 8.